The Morgan fingerprint density at radius 3 is 2.67 bits per heavy atom. The average Bonchev–Trinajstić information content (AvgIpc) is 3.01. The van der Waals surface area contributed by atoms with Gasteiger partial charge >= 0.3 is 0 Å². The summed E-state index contributed by atoms with van der Waals surface area (Å²) >= 11 is 0. The summed E-state index contributed by atoms with van der Waals surface area (Å²) in [6, 6.07) is 13.0. The maximum atomic E-state index is 12.0. The van der Waals surface area contributed by atoms with Crippen molar-refractivity contribution in [2.75, 3.05) is 19.5 Å². The summed E-state index contributed by atoms with van der Waals surface area (Å²) in [6.07, 6.45) is 3.13. The Balaban J connectivity index is 1.71. The number of benzene rings is 2. The number of H-pyrrole nitrogens is 1. The quantitative estimate of drug-likeness (QED) is 0.707. The van der Waals surface area contributed by atoms with Crippen LogP contribution in [0.25, 0.3) is 17.1 Å². The van der Waals surface area contributed by atoms with E-state index >= 15 is 0 Å². The molecular formula is C18H17N3O3. The molecular weight excluding hydrogens is 306 g/mol. The molecule has 0 atom stereocenters. The van der Waals surface area contributed by atoms with Crippen molar-refractivity contribution in [1.29, 1.82) is 0 Å². The van der Waals surface area contributed by atoms with Crippen LogP contribution in [0, 0.1) is 0 Å². The predicted molar refractivity (Wildman–Crippen MR) is 93.3 cm³/mol. The van der Waals surface area contributed by atoms with Crippen molar-refractivity contribution < 1.29 is 14.3 Å². The van der Waals surface area contributed by atoms with Crippen molar-refractivity contribution in [3.63, 3.8) is 0 Å². The van der Waals surface area contributed by atoms with E-state index in [1.165, 1.54) is 6.08 Å². The minimum Gasteiger partial charge on any atom is -0.493 e. The molecule has 0 spiro atoms. The van der Waals surface area contributed by atoms with Crippen molar-refractivity contribution in [3.8, 4) is 11.5 Å². The van der Waals surface area contributed by atoms with Crippen molar-refractivity contribution in [2.24, 2.45) is 0 Å². The number of nitrogens with one attached hydrogen (secondary N) is 2. The number of para-hydroxylation sites is 2. The summed E-state index contributed by atoms with van der Waals surface area (Å²) in [5, 5.41) is 2.70. The second kappa shape index (κ2) is 6.87. The number of imidazole rings is 1. The third-order valence-corrected chi connectivity index (χ3v) is 3.47. The number of rotatable bonds is 5. The molecule has 0 bridgehead atoms. The summed E-state index contributed by atoms with van der Waals surface area (Å²) in [5.74, 6) is 1.39. The first-order valence-electron chi connectivity index (χ1n) is 7.35. The van der Waals surface area contributed by atoms with Crippen molar-refractivity contribution in [1.82, 2.24) is 9.97 Å². The van der Waals surface area contributed by atoms with Crippen LogP contribution in [0.1, 0.15) is 5.56 Å². The Bertz CT molecular complexity index is 866. The molecule has 0 aliphatic carbocycles. The number of aromatic nitrogens is 2. The van der Waals surface area contributed by atoms with Gasteiger partial charge in [0, 0.05) is 6.08 Å². The normalized spacial score (nSPS) is 10.9. The number of carbonyl (C=O) groups excluding carboxylic acids is 1. The van der Waals surface area contributed by atoms with Crippen LogP contribution >= 0.6 is 0 Å². The number of aromatic amines is 1. The van der Waals surface area contributed by atoms with Gasteiger partial charge in [-0.3, -0.25) is 10.1 Å². The molecule has 2 aromatic carbocycles. The van der Waals surface area contributed by atoms with E-state index in [4.69, 9.17) is 9.47 Å². The van der Waals surface area contributed by atoms with E-state index in [1.807, 2.05) is 30.3 Å². The first-order chi connectivity index (χ1) is 11.7. The molecule has 1 aromatic heterocycles. The minimum atomic E-state index is -0.274. The zero-order valence-corrected chi connectivity index (χ0v) is 13.4. The summed E-state index contributed by atoms with van der Waals surface area (Å²) in [6.45, 7) is 0. The Kier molecular flexibility index (Phi) is 4.47. The van der Waals surface area contributed by atoms with Gasteiger partial charge in [0.25, 0.3) is 5.91 Å². The molecule has 0 radical (unpaired) electrons. The van der Waals surface area contributed by atoms with Crippen LogP contribution in [0.15, 0.2) is 48.5 Å². The Labute approximate surface area is 139 Å². The van der Waals surface area contributed by atoms with Crippen molar-refractivity contribution in [3.05, 3.63) is 54.1 Å². The number of hydrogen-bond donors (Lipinski definition) is 2. The standard InChI is InChI=1S/C18H17N3O3/c1-23-15-9-7-12(11-16(15)24-2)8-10-17(22)21-18-19-13-5-3-4-6-14(13)20-18/h3-11H,1-2H3,(H2,19,20,21,22)/b10-8+. The molecule has 6 heteroatoms. The number of ether oxygens (including phenoxy) is 2. The molecule has 122 valence electrons. The molecule has 0 saturated heterocycles. The van der Waals surface area contributed by atoms with Crippen LogP contribution < -0.4 is 14.8 Å². The number of nitrogens with zero attached hydrogens (tertiary/aromatic N) is 1. The molecule has 2 N–H and O–H groups in total. The molecule has 0 saturated carbocycles. The number of methoxy groups -OCH3 is 2. The molecule has 6 nitrogen and oxygen atoms in total. The highest BCUT2D eigenvalue weighted by atomic mass is 16.5. The summed E-state index contributed by atoms with van der Waals surface area (Å²) in [5.41, 5.74) is 2.50. The zero-order chi connectivity index (χ0) is 16.9. The molecule has 3 rings (SSSR count). The lowest BCUT2D eigenvalue weighted by molar-refractivity contribution is -0.111. The van der Waals surface area contributed by atoms with E-state index in [1.54, 1.807) is 32.4 Å². The number of fused-ring (bicyclic) bond motifs is 1. The largest absolute Gasteiger partial charge is 0.493 e. The fraction of sp³-hybridized carbons (Fsp3) is 0.111. The summed E-state index contributed by atoms with van der Waals surface area (Å²) in [7, 11) is 3.15. The second-order valence-electron chi connectivity index (χ2n) is 5.04. The van der Waals surface area contributed by atoms with E-state index in [0.29, 0.717) is 17.4 Å². The van der Waals surface area contributed by atoms with Gasteiger partial charge in [-0.25, -0.2) is 4.98 Å². The van der Waals surface area contributed by atoms with Crippen molar-refractivity contribution in [2.45, 2.75) is 0 Å². The zero-order valence-electron chi connectivity index (χ0n) is 13.4. The monoisotopic (exact) mass is 323 g/mol. The smallest absolute Gasteiger partial charge is 0.250 e. The van der Waals surface area contributed by atoms with E-state index in [9.17, 15) is 4.79 Å². The lowest BCUT2D eigenvalue weighted by Crippen LogP contribution is -2.08. The van der Waals surface area contributed by atoms with E-state index < -0.39 is 0 Å². The van der Waals surface area contributed by atoms with Crippen LogP contribution in [0.2, 0.25) is 0 Å². The molecule has 24 heavy (non-hydrogen) atoms. The van der Waals surface area contributed by atoms with E-state index in [0.717, 1.165) is 16.6 Å². The first kappa shape index (κ1) is 15.6. The molecule has 0 unspecified atom stereocenters. The van der Waals surface area contributed by atoms with Gasteiger partial charge < -0.3 is 14.5 Å². The van der Waals surface area contributed by atoms with Gasteiger partial charge in [-0.05, 0) is 35.9 Å². The summed E-state index contributed by atoms with van der Waals surface area (Å²) in [4.78, 5) is 19.4. The molecule has 1 amide bonds. The lowest BCUT2D eigenvalue weighted by atomic mass is 10.2. The first-order valence-corrected chi connectivity index (χ1v) is 7.35. The van der Waals surface area contributed by atoms with E-state index in [2.05, 4.69) is 15.3 Å². The van der Waals surface area contributed by atoms with E-state index in [-0.39, 0.29) is 5.91 Å². The maximum absolute atomic E-state index is 12.0. The molecule has 0 fully saturated rings. The fourth-order valence-electron chi connectivity index (χ4n) is 2.30. The van der Waals surface area contributed by atoms with Gasteiger partial charge in [0.2, 0.25) is 5.95 Å². The van der Waals surface area contributed by atoms with Gasteiger partial charge in [-0.2, -0.15) is 0 Å². The molecule has 0 aliphatic rings. The minimum absolute atomic E-state index is 0.274. The van der Waals surface area contributed by atoms with Crippen LogP contribution in [-0.2, 0) is 4.79 Å². The van der Waals surface area contributed by atoms with Gasteiger partial charge in [0.15, 0.2) is 11.5 Å². The Hall–Kier alpha value is -3.28. The highest BCUT2D eigenvalue weighted by molar-refractivity contribution is 6.01. The average molecular weight is 323 g/mol. The van der Waals surface area contributed by atoms with Crippen LogP contribution in [0.4, 0.5) is 5.95 Å². The van der Waals surface area contributed by atoms with Crippen LogP contribution in [-0.4, -0.2) is 30.1 Å². The summed E-state index contributed by atoms with van der Waals surface area (Å²) < 4.78 is 10.4. The third-order valence-electron chi connectivity index (χ3n) is 3.47. The number of hydrogen-bond acceptors (Lipinski definition) is 4. The lowest BCUT2D eigenvalue weighted by Gasteiger charge is -2.07. The number of anilines is 1. The molecule has 3 aromatic rings. The van der Waals surface area contributed by atoms with Gasteiger partial charge in [0.1, 0.15) is 0 Å². The Morgan fingerprint density at radius 1 is 1.12 bits per heavy atom. The fourth-order valence-corrected chi connectivity index (χ4v) is 2.30. The third kappa shape index (κ3) is 3.38. The highest BCUT2D eigenvalue weighted by Crippen LogP contribution is 2.27. The van der Waals surface area contributed by atoms with Crippen molar-refractivity contribution >= 4 is 29.0 Å². The predicted octanol–water partition coefficient (Wildman–Crippen LogP) is 3.23. The Morgan fingerprint density at radius 2 is 1.92 bits per heavy atom. The number of carbonyl (C=O) groups is 1. The van der Waals surface area contributed by atoms with Crippen LogP contribution in [0.3, 0.4) is 0 Å². The van der Waals surface area contributed by atoms with Gasteiger partial charge in [-0.15, -0.1) is 0 Å². The SMILES string of the molecule is COc1ccc(/C=C/C(=O)Nc2nc3ccccc3[nH]2)cc1OC. The topological polar surface area (TPSA) is 76.2 Å². The second-order valence-corrected chi connectivity index (χ2v) is 5.04. The molecule has 0 aliphatic heterocycles. The van der Waals surface area contributed by atoms with Crippen LogP contribution in [0.5, 0.6) is 11.5 Å². The number of amides is 1. The highest BCUT2D eigenvalue weighted by Gasteiger charge is 2.05. The maximum Gasteiger partial charge on any atom is 0.250 e. The van der Waals surface area contributed by atoms with Gasteiger partial charge in [0.05, 0.1) is 25.3 Å². The molecule has 1 heterocycles. The van der Waals surface area contributed by atoms with Gasteiger partial charge in [-0.1, -0.05) is 18.2 Å².